The lowest BCUT2D eigenvalue weighted by Crippen LogP contribution is -2.34. The second-order valence-corrected chi connectivity index (χ2v) is 5.70. The number of hydrogen-bond donors (Lipinski definition) is 3. The Morgan fingerprint density at radius 1 is 1.41 bits per heavy atom. The van der Waals surface area contributed by atoms with Crippen molar-refractivity contribution in [3.63, 3.8) is 0 Å². The molecule has 22 heavy (non-hydrogen) atoms. The van der Waals surface area contributed by atoms with E-state index in [-0.39, 0.29) is 24.2 Å². The third-order valence-corrected chi connectivity index (χ3v) is 4.20. The predicted octanol–water partition coefficient (Wildman–Crippen LogP) is 1.78. The number of amides is 1. The molecule has 1 aromatic carbocycles. The van der Waals surface area contributed by atoms with E-state index in [2.05, 4.69) is 10.6 Å². The van der Waals surface area contributed by atoms with Crippen LogP contribution in [0.5, 0.6) is 0 Å². The highest BCUT2D eigenvalue weighted by atomic mass is 35.5. The van der Waals surface area contributed by atoms with Crippen molar-refractivity contribution in [2.75, 3.05) is 19.6 Å². The summed E-state index contributed by atoms with van der Waals surface area (Å²) in [5, 5.41) is 16.7. The first-order valence-corrected chi connectivity index (χ1v) is 7.23. The Kier molecular flexibility index (Phi) is 5.11. The number of carbonyl (C=O) groups excluding carboxylic acids is 1. The lowest BCUT2D eigenvalue weighted by molar-refractivity contribution is 0.0901. The third kappa shape index (κ3) is 2.97. The van der Waals surface area contributed by atoms with E-state index in [1.54, 1.807) is 0 Å². The van der Waals surface area contributed by atoms with Crippen LogP contribution >= 0.6 is 12.4 Å². The molecule has 120 valence electrons. The number of carbonyl (C=O) groups is 1. The smallest absolute Gasteiger partial charge is 0.287 e. The van der Waals surface area contributed by atoms with Gasteiger partial charge in [0.15, 0.2) is 5.76 Å². The number of para-hydroxylation sites is 1. The summed E-state index contributed by atoms with van der Waals surface area (Å²) in [6.45, 7) is 5.62. The van der Waals surface area contributed by atoms with Crippen LogP contribution in [0.3, 0.4) is 0 Å². The van der Waals surface area contributed by atoms with Gasteiger partial charge in [0, 0.05) is 36.5 Å². The van der Waals surface area contributed by atoms with Crippen LogP contribution in [0.1, 0.15) is 21.7 Å². The van der Waals surface area contributed by atoms with Crippen molar-refractivity contribution in [3.8, 4) is 0 Å². The summed E-state index contributed by atoms with van der Waals surface area (Å²) in [6, 6.07) is 5.89. The van der Waals surface area contributed by atoms with Crippen LogP contribution in [0.25, 0.3) is 11.0 Å². The first-order chi connectivity index (χ1) is 10.1. The fraction of sp³-hybridized carbons (Fsp3) is 0.438. The van der Waals surface area contributed by atoms with Gasteiger partial charge in [-0.3, -0.25) is 4.79 Å². The minimum atomic E-state index is -0.399. The number of nitrogens with one attached hydrogen (secondary N) is 2. The first kappa shape index (κ1) is 16.8. The molecule has 1 aliphatic rings. The molecule has 1 saturated heterocycles. The van der Waals surface area contributed by atoms with Crippen LogP contribution in [-0.4, -0.2) is 36.8 Å². The van der Waals surface area contributed by atoms with Gasteiger partial charge in [0.1, 0.15) is 5.58 Å². The van der Waals surface area contributed by atoms with Gasteiger partial charge in [0.25, 0.3) is 5.91 Å². The maximum atomic E-state index is 12.3. The topological polar surface area (TPSA) is 74.5 Å². The molecule has 3 N–H and O–H groups in total. The molecule has 0 radical (unpaired) electrons. The molecule has 2 atom stereocenters. The number of aliphatic hydroxyl groups excluding tert-OH is 1. The van der Waals surface area contributed by atoms with E-state index < -0.39 is 6.10 Å². The van der Waals surface area contributed by atoms with Gasteiger partial charge >= 0.3 is 0 Å². The second-order valence-electron chi connectivity index (χ2n) is 5.70. The van der Waals surface area contributed by atoms with E-state index in [1.807, 2.05) is 32.0 Å². The van der Waals surface area contributed by atoms with E-state index in [1.165, 1.54) is 0 Å². The Morgan fingerprint density at radius 2 is 2.18 bits per heavy atom. The molecule has 0 spiro atoms. The number of hydrogen-bond acceptors (Lipinski definition) is 4. The largest absolute Gasteiger partial charge is 0.450 e. The SMILES string of the molecule is Cc1c(C(=O)NCC2CNCC2O)oc2c(C)cccc12.Cl. The minimum absolute atomic E-state index is 0. The number of fused-ring (bicyclic) bond motifs is 1. The average molecular weight is 325 g/mol. The van der Waals surface area contributed by atoms with Crippen LogP contribution in [0.4, 0.5) is 0 Å². The molecule has 1 aromatic heterocycles. The molecule has 5 nitrogen and oxygen atoms in total. The Morgan fingerprint density at radius 3 is 2.82 bits per heavy atom. The fourth-order valence-electron chi connectivity index (χ4n) is 2.83. The predicted molar refractivity (Wildman–Crippen MR) is 87.6 cm³/mol. The van der Waals surface area contributed by atoms with Gasteiger partial charge in [-0.25, -0.2) is 0 Å². The van der Waals surface area contributed by atoms with Gasteiger partial charge in [-0.15, -0.1) is 12.4 Å². The normalized spacial score (nSPS) is 20.9. The molecule has 3 rings (SSSR count). The summed E-state index contributed by atoms with van der Waals surface area (Å²) in [7, 11) is 0. The van der Waals surface area contributed by atoms with Gasteiger partial charge < -0.3 is 20.2 Å². The maximum absolute atomic E-state index is 12.3. The lowest BCUT2D eigenvalue weighted by Gasteiger charge is -2.13. The lowest BCUT2D eigenvalue weighted by atomic mass is 10.1. The molecular weight excluding hydrogens is 304 g/mol. The molecule has 6 heteroatoms. The maximum Gasteiger partial charge on any atom is 0.287 e. The zero-order valence-corrected chi connectivity index (χ0v) is 13.5. The molecule has 0 saturated carbocycles. The number of β-amino-alcohol motifs (C(OH)–C–C–N with tert-alkyl or cyclic N) is 1. The van der Waals surface area contributed by atoms with E-state index in [9.17, 15) is 9.90 Å². The van der Waals surface area contributed by atoms with E-state index >= 15 is 0 Å². The van der Waals surface area contributed by atoms with Crippen molar-refractivity contribution in [1.82, 2.24) is 10.6 Å². The zero-order valence-electron chi connectivity index (χ0n) is 12.7. The van der Waals surface area contributed by atoms with Crippen molar-refractivity contribution in [3.05, 3.63) is 35.1 Å². The van der Waals surface area contributed by atoms with Gasteiger partial charge in [-0.2, -0.15) is 0 Å². The first-order valence-electron chi connectivity index (χ1n) is 7.23. The van der Waals surface area contributed by atoms with Crippen molar-refractivity contribution in [2.24, 2.45) is 5.92 Å². The Hall–Kier alpha value is -1.56. The van der Waals surface area contributed by atoms with Crippen LogP contribution in [0.2, 0.25) is 0 Å². The van der Waals surface area contributed by atoms with Crippen LogP contribution in [0, 0.1) is 19.8 Å². The molecule has 2 aromatic rings. The quantitative estimate of drug-likeness (QED) is 0.804. The summed E-state index contributed by atoms with van der Waals surface area (Å²) in [5.41, 5.74) is 2.64. The van der Waals surface area contributed by atoms with Crippen molar-refractivity contribution >= 4 is 29.3 Å². The number of aryl methyl sites for hydroxylation is 2. The molecule has 0 bridgehead atoms. The molecule has 2 heterocycles. The molecule has 1 fully saturated rings. The third-order valence-electron chi connectivity index (χ3n) is 4.20. The summed E-state index contributed by atoms with van der Waals surface area (Å²) in [5.74, 6) is 0.197. The van der Waals surface area contributed by atoms with Gasteiger partial charge in [-0.1, -0.05) is 18.2 Å². The van der Waals surface area contributed by atoms with E-state index in [0.717, 1.165) is 28.6 Å². The molecule has 1 aliphatic heterocycles. The van der Waals surface area contributed by atoms with E-state index in [0.29, 0.717) is 18.8 Å². The summed E-state index contributed by atoms with van der Waals surface area (Å²) in [6.07, 6.45) is -0.399. The highest BCUT2D eigenvalue weighted by molar-refractivity contribution is 5.99. The van der Waals surface area contributed by atoms with Crippen LogP contribution in [0.15, 0.2) is 22.6 Å². The van der Waals surface area contributed by atoms with Crippen molar-refractivity contribution in [2.45, 2.75) is 20.0 Å². The number of rotatable bonds is 3. The standard InChI is InChI=1S/C16H20N2O3.ClH/c1-9-4-3-5-12-10(2)15(21-14(9)12)16(20)18-7-11-6-17-8-13(11)19;/h3-5,11,13,17,19H,6-8H2,1-2H3,(H,18,20);1H. The van der Waals surface area contributed by atoms with E-state index in [4.69, 9.17) is 4.42 Å². The summed E-state index contributed by atoms with van der Waals surface area (Å²) < 4.78 is 5.74. The Balaban J connectivity index is 0.00000176. The van der Waals surface area contributed by atoms with Crippen LogP contribution < -0.4 is 10.6 Å². The van der Waals surface area contributed by atoms with Gasteiger partial charge in [-0.05, 0) is 19.4 Å². The van der Waals surface area contributed by atoms with Gasteiger partial charge in [0.05, 0.1) is 6.10 Å². The molecule has 0 aliphatic carbocycles. The molecule has 2 unspecified atom stereocenters. The number of halogens is 1. The van der Waals surface area contributed by atoms with Crippen molar-refractivity contribution < 1.29 is 14.3 Å². The number of furan rings is 1. The fourth-order valence-corrected chi connectivity index (χ4v) is 2.83. The second kappa shape index (κ2) is 6.69. The summed E-state index contributed by atoms with van der Waals surface area (Å²) in [4.78, 5) is 12.3. The highest BCUT2D eigenvalue weighted by Crippen LogP contribution is 2.27. The average Bonchev–Trinajstić information content (AvgIpc) is 3.02. The molecular formula is C16H21ClN2O3. The van der Waals surface area contributed by atoms with Gasteiger partial charge in [0.2, 0.25) is 0 Å². The highest BCUT2D eigenvalue weighted by Gasteiger charge is 2.26. The number of aliphatic hydroxyl groups is 1. The Labute approximate surface area is 135 Å². The molecule has 1 amide bonds. The van der Waals surface area contributed by atoms with Crippen LogP contribution in [-0.2, 0) is 0 Å². The minimum Gasteiger partial charge on any atom is -0.450 e. The van der Waals surface area contributed by atoms with Crippen molar-refractivity contribution in [1.29, 1.82) is 0 Å². The summed E-state index contributed by atoms with van der Waals surface area (Å²) >= 11 is 0. The zero-order chi connectivity index (χ0) is 15.0. The number of benzene rings is 1. The Bertz CT molecular complexity index is 683. The monoisotopic (exact) mass is 324 g/mol.